The summed E-state index contributed by atoms with van der Waals surface area (Å²) in [4.78, 5) is 11.6. The van der Waals surface area contributed by atoms with Gasteiger partial charge in [0.2, 0.25) is 5.91 Å². The molecule has 1 unspecified atom stereocenters. The fourth-order valence-electron chi connectivity index (χ4n) is 1.35. The van der Waals surface area contributed by atoms with Crippen molar-refractivity contribution in [2.45, 2.75) is 52.5 Å². The van der Waals surface area contributed by atoms with E-state index >= 15 is 0 Å². The second-order valence-electron chi connectivity index (χ2n) is 5.58. The van der Waals surface area contributed by atoms with Crippen LogP contribution < -0.4 is 11.1 Å². The van der Waals surface area contributed by atoms with E-state index in [2.05, 4.69) is 26.1 Å². The van der Waals surface area contributed by atoms with Gasteiger partial charge >= 0.3 is 0 Å². The van der Waals surface area contributed by atoms with Crippen LogP contribution in [0.3, 0.4) is 0 Å². The van der Waals surface area contributed by atoms with Gasteiger partial charge in [-0.2, -0.15) is 0 Å². The first kappa shape index (κ1) is 16.4. The fraction of sp³-hybridized carbons (Fsp3) is 0.923. The molecule has 0 aliphatic heterocycles. The van der Waals surface area contributed by atoms with E-state index in [1.807, 2.05) is 0 Å². The predicted molar refractivity (Wildman–Crippen MR) is 70.8 cm³/mol. The molecule has 0 aromatic rings. The molecule has 4 nitrogen and oxygen atoms in total. The summed E-state index contributed by atoms with van der Waals surface area (Å²) in [6, 6.07) is -0.0870. The van der Waals surface area contributed by atoms with Crippen molar-refractivity contribution in [3.05, 3.63) is 0 Å². The first-order valence-electron chi connectivity index (χ1n) is 6.39. The molecule has 0 fully saturated rings. The molecule has 0 rings (SSSR count). The summed E-state index contributed by atoms with van der Waals surface area (Å²) in [6.07, 6.45) is 3.54. The van der Waals surface area contributed by atoms with E-state index in [9.17, 15) is 4.79 Å². The summed E-state index contributed by atoms with van der Waals surface area (Å²) in [5.74, 6) is 0.0548. The molecular formula is C13H28N2O2. The van der Waals surface area contributed by atoms with Gasteiger partial charge in [0.15, 0.2) is 0 Å². The number of carbonyl (C=O) groups excluding carboxylic acids is 1. The van der Waals surface area contributed by atoms with Crippen LogP contribution >= 0.6 is 0 Å². The van der Waals surface area contributed by atoms with Gasteiger partial charge in [-0.15, -0.1) is 0 Å². The summed E-state index contributed by atoms with van der Waals surface area (Å²) in [5, 5.41) is 2.90. The summed E-state index contributed by atoms with van der Waals surface area (Å²) in [7, 11) is 1.70. The van der Waals surface area contributed by atoms with Crippen LogP contribution in [-0.2, 0) is 9.53 Å². The van der Waals surface area contributed by atoms with Crippen molar-refractivity contribution in [3.8, 4) is 0 Å². The topological polar surface area (TPSA) is 64.3 Å². The Bertz CT molecular complexity index is 212. The van der Waals surface area contributed by atoms with Crippen molar-refractivity contribution in [2.75, 3.05) is 20.3 Å². The minimum atomic E-state index is -0.0870. The van der Waals surface area contributed by atoms with Gasteiger partial charge in [-0.25, -0.2) is 0 Å². The van der Waals surface area contributed by atoms with Gasteiger partial charge in [-0.3, -0.25) is 4.79 Å². The zero-order valence-electron chi connectivity index (χ0n) is 11.7. The van der Waals surface area contributed by atoms with Crippen molar-refractivity contribution in [1.29, 1.82) is 0 Å². The molecule has 0 radical (unpaired) electrons. The summed E-state index contributed by atoms with van der Waals surface area (Å²) < 4.78 is 4.96. The SMILES string of the molecule is COCCCCCNC(=O)CC(N)C(C)(C)C. The quantitative estimate of drug-likeness (QED) is 0.639. The van der Waals surface area contributed by atoms with Crippen molar-refractivity contribution in [3.63, 3.8) is 0 Å². The number of rotatable bonds is 8. The second-order valence-corrected chi connectivity index (χ2v) is 5.58. The van der Waals surface area contributed by atoms with E-state index < -0.39 is 0 Å². The maximum absolute atomic E-state index is 11.6. The average molecular weight is 244 g/mol. The van der Waals surface area contributed by atoms with Gasteiger partial charge in [0.1, 0.15) is 0 Å². The van der Waals surface area contributed by atoms with Crippen molar-refractivity contribution < 1.29 is 9.53 Å². The number of amides is 1. The monoisotopic (exact) mass is 244 g/mol. The van der Waals surface area contributed by atoms with Gasteiger partial charge < -0.3 is 15.8 Å². The van der Waals surface area contributed by atoms with Crippen molar-refractivity contribution in [2.24, 2.45) is 11.1 Å². The number of carbonyl (C=O) groups is 1. The van der Waals surface area contributed by atoms with Crippen LogP contribution in [0.25, 0.3) is 0 Å². The molecule has 0 saturated carbocycles. The summed E-state index contributed by atoms with van der Waals surface area (Å²) in [6.45, 7) is 7.68. The van der Waals surface area contributed by atoms with Gasteiger partial charge in [0.05, 0.1) is 0 Å². The lowest BCUT2D eigenvalue weighted by Crippen LogP contribution is -2.40. The molecule has 1 atom stereocenters. The highest BCUT2D eigenvalue weighted by Crippen LogP contribution is 2.19. The third-order valence-electron chi connectivity index (χ3n) is 2.87. The van der Waals surface area contributed by atoms with Crippen LogP contribution in [0.1, 0.15) is 46.5 Å². The van der Waals surface area contributed by atoms with Gasteiger partial charge in [0, 0.05) is 32.7 Å². The van der Waals surface area contributed by atoms with Crippen LogP contribution in [0.2, 0.25) is 0 Å². The van der Waals surface area contributed by atoms with E-state index in [4.69, 9.17) is 10.5 Å². The molecule has 0 aliphatic rings. The number of hydrogen-bond acceptors (Lipinski definition) is 3. The van der Waals surface area contributed by atoms with Gasteiger partial charge in [-0.05, 0) is 24.7 Å². The zero-order chi connectivity index (χ0) is 13.3. The maximum Gasteiger partial charge on any atom is 0.221 e. The predicted octanol–water partition coefficient (Wildman–Crippen LogP) is 1.68. The zero-order valence-corrected chi connectivity index (χ0v) is 11.7. The fourth-order valence-corrected chi connectivity index (χ4v) is 1.35. The van der Waals surface area contributed by atoms with E-state index in [1.54, 1.807) is 7.11 Å². The van der Waals surface area contributed by atoms with Crippen molar-refractivity contribution >= 4 is 5.91 Å². The largest absolute Gasteiger partial charge is 0.385 e. The number of methoxy groups -OCH3 is 1. The first-order valence-corrected chi connectivity index (χ1v) is 6.39. The molecule has 0 aromatic heterocycles. The second kappa shape index (κ2) is 8.48. The molecule has 0 heterocycles. The van der Waals surface area contributed by atoms with Crippen LogP contribution in [0.15, 0.2) is 0 Å². The van der Waals surface area contributed by atoms with Crippen LogP contribution in [0.5, 0.6) is 0 Å². The molecule has 102 valence electrons. The third-order valence-corrected chi connectivity index (χ3v) is 2.87. The number of hydrogen-bond donors (Lipinski definition) is 2. The Hall–Kier alpha value is -0.610. The summed E-state index contributed by atoms with van der Waals surface area (Å²) >= 11 is 0. The highest BCUT2D eigenvalue weighted by molar-refractivity contribution is 5.76. The first-order chi connectivity index (χ1) is 7.88. The molecule has 17 heavy (non-hydrogen) atoms. The van der Waals surface area contributed by atoms with Crippen LogP contribution in [-0.4, -0.2) is 32.2 Å². The number of unbranched alkanes of at least 4 members (excludes halogenated alkanes) is 2. The molecule has 0 aromatic carbocycles. The molecule has 0 aliphatic carbocycles. The Kier molecular flexibility index (Phi) is 8.17. The van der Waals surface area contributed by atoms with Gasteiger partial charge in [-0.1, -0.05) is 20.8 Å². The molecule has 4 heteroatoms. The standard InChI is InChI=1S/C13H28N2O2/c1-13(2,3)11(14)10-12(16)15-8-6-5-7-9-17-4/h11H,5-10,14H2,1-4H3,(H,15,16). The summed E-state index contributed by atoms with van der Waals surface area (Å²) in [5.41, 5.74) is 5.93. The molecule has 0 bridgehead atoms. The minimum Gasteiger partial charge on any atom is -0.385 e. The highest BCUT2D eigenvalue weighted by Gasteiger charge is 2.22. The Labute approximate surface area is 105 Å². The normalized spacial score (nSPS) is 13.5. The Morgan fingerprint density at radius 2 is 1.94 bits per heavy atom. The lowest BCUT2D eigenvalue weighted by molar-refractivity contribution is -0.121. The Morgan fingerprint density at radius 3 is 2.47 bits per heavy atom. The molecule has 0 saturated heterocycles. The number of nitrogens with two attached hydrogens (primary N) is 1. The minimum absolute atomic E-state index is 0.0181. The van der Waals surface area contributed by atoms with Crippen LogP contribution in [0, 0.1) is 5.41 Å². The molecule has 0 spiro atoms. The maximum atomic E-state index is 11.6. The molecular weight excluding hydrogens is 216 g/mol. The lowest BCUT2D eigenvalue weighted by Gasteiger charge is -2.26. The Balaban J connectivity index is 3.53. The van der Waals surface area contributed by atoms with E-state index in [0.717, 1.165) is 32.4 Å². The molecule has 3 N–H and O–H groups in total. The third kappa shape index (κ3) is 9.12. The average Bonchev–Trinajstić information content (AvgIpc) is 2.21. The van der Waals surface area contributed by atoms with Crippen LogP contribution in [0.4, 0.5) is 0 Å². The Morgan fingerprint density at radius 1 is 1.29 bits per heavy atom. The van der Waals surface area contributed by atoms with E-state index in [1.165, 1.54) is 0 Å². The van der Waals surface area contributed by atoms with E-state index in [0.29, 0.717) is 6.42 Å². The highest BCUT2D eigenvalue weighted by atomic mass is 16.5. The van der Waals surface area contributed by atoms with Crippen molar-refractivity contribution in [1.82, 2.24) is 5.32 Å². The molecule has 1 amide bonds. The smallest absolute Gasteiger partial charge is 0.221 e. The van der Waals surface area contributed by atoms with Gasteiger partial charge in [0.25, 0.3) is 0 Å². The van der Waals surface area contributed by atoms with E-state index in [-0.39, 0.29) is 17.4 Å². The number of ether oxygens (including phenoxy) is 1. The lowest BCUT2D eigenvalue weighted by atomic mass is 9.85. The number of nitrogens with one attached hydrogen (secondary N) is 1.